The maximum Gasteiger partial charge on any atom is 0.292 e. The van der Waals surface area contributed by atoms with Crippen molar-refractivity contribution in [2.24, 2.45) is 0 Å². The van der Waals surface area contributed by atoms with E-state index in [2.05, 4.69) is 5.32 Å². The van der Waals surface area contributed by atoms with Crippen LogP contribution in [0.1, 0.15) is 6.92 Å². The number of aromatic hydroxyl groups is 1. The lowest BCUT2D eigenvalue weighted by atomic mass is 10.2. The fraction of sp³-hybridized carbons (Fsp3) is 0.250. The summed E-state index contributed by atoms with van der Waals surface area (Å²) in [4.78, 5) is 10.0. The molecule has 0 radical (unpaired) electrons. The Bertz CT molecular complexity index is 325. The molecule has 0 fully saturated rings. The number of hydrogen-bond acceptors (Lipinski definition) is 4. The van der Waals surface area contributed by atoms with E-state index >= 15 is 0 Å². The highest BCUT2D eigenvalue weighted by Crippen LogP contribution is 2.27. The Morgan fingerprint density at radius 1 is 1.62 bits per heavy atom. The summed E-state index contributed by atoms with van der Waals surface area (Å²) in [6.07, 6.45) is 0. The zero-order valence-electron chi connectivity index (χ0n) is 7.15. The van der Waals surface area contributed by atoms with Gasteiger partial charge in [0.2, 0.25) is 0 Å². The van der Waals surface area contributed by atoms with Crippen molar-refractivity contribution < 1.29 is 10.0 Å². The lowest BCUT2D eigenvalue weighted by Crippen LogP contribution is -2.00. The highest BCUT2D eigenvalue weighted by Gasteiger charge is 2.12. The average molecular weight is 182 g/mol. The number of benzene rings is 1. The Morgan fingerprint density at radius 2 is 2.31 bits per heavy atom. The van der Waals surface area contributed by atoms with Crippen LogP contribution >= 0.6 is 0 Å². The summed E-state index contributed by atoms with van der Waals surface area (Å²) < 4.78 is 0. The van der Waals surface area contributed by atoms with Crippen LogP contribution in [0.25, 0.3) is 0 Å². The maximum absolute atomic E-state index is 10.5. The topological polar surface area (TPSA) is 75.4 Å². The number of hydrogen-bond donors (Lipinski definition) is 2. The molecule has 0 unspecified atom stereocenters. The minimum absolute atomic E-state index is 0.0153. The number of nitro benzene ring substituents is 1. The Morgan fingerprint density at radius 3 is 2.85 bits per heavy atom. The summed E-state index contributed by atoms with van der Waals surface area (Å²) in [5.41, 5.74) is 0.312. The summed E-state index contributed by atoms with van der Waals surface area (Å²) in [6, 6.07) is 3.90. The fourth-order valence-electron chi connectivity index (χ4n) is 1.02. The molecule has 5 nitrogen and oxygen atoms in total. The van der Waals surface area contributed by atoms with Crippen LogP contribution in [0.15, 0.2) is 18.2 Å². The van der Waals surface area contributed by atoms with Gasteiger partial charge in [0.15, 0.2) is 0 Å². The molecule has 0 aromatic heterocycles. The molecule has 0 aliphatic rings. The van der Waals surface area contributed by atoms with E-state index < -0.39 is 4.92 Å². The third kappa shape index (κ3) is 2.08. The molecule has 0 bridgehead atoms. The van der Waals surface area contributed by atoms with Crippen LogP contribution in [0.2, 0.25) is 0 Å². The zero-order valence-corrected chi connectivity index (χ0v) is 7.15. The first kappa shape index (κ1) is 9.31. The van der Waals surface area contributed by atoms with Crippen molar-refractivity contribution in [3.8, 4) is 5.75 Å². The molecule has 2 N–H and O–H groups in total. The number of nitrogens with zero attached hydrogens (tertiary/aromatic N) is 1. The van der Waals surface area contributed by atoms with Gasteiger partial charge >= 0.3 is 0 Å². The summed E-state index contributed by atoms with van der Waals surface area (Å²) in [6.45, 7) is 2.40. The normalized spacial score (nSPS) is 9.62. The minimum atomic E-state index is -0.489. The maximum atomic E-state index is 10.5. The highest BCUT2D eigenvalue weighted by molar-refractivity contribution is 5.63. The molecule has 13 heavy (non-hydrogen) atoms. The summed E-state index contributed by atoms with van der Waals surface area (Å²) in [7, 11) is 0. The molecule has 0 heterocycles. The molecular formula is C8H10N2O3. The molecule has 0 saturated heterocycles. The zero-order chi connectivity index (χ0) is 9.84. The van der Waals surface area contributed by atoms with Crippen molar-refractivity contribution in [2.75, 3.05) is 11.9 Å². The molecule has 1 aromatic carbocycles. The van der Waals surface area contributed by atoms with Crippen LogP contribution in [-0.4, -0.2) is 16.6 Å². The number of nitro groups is 1. The Kier molecular flexibility index (Phi) is 2.69. The number of rotatable bonds is 3. The van der Waals surface area contributed by atoms with Crippen LogP contribution in [0.4, 0.5) is 11.4 Å². The number of phenols is 1. The molecule has 0 amide bonds. The molecule has 1 rings (SSSR count). The van der Waals surface area contributed by atoms with Gasteiger partial charge in [-0.1, -0.05) is 0 Å². The summed E-state index contributed by atoms with van der Waals surface area (Å²) >= 11 is 0. The van der Waals surface area contributed by atoms with Gasteiger partial charge in [-0.05, 0) is 13.0 Å². The Hall–Kier alpha value is -1.78. The van der Waals surface area contributed by atoms with E-state index in [4.69, 9.17) is 5.11 Å². The van der Waals surface area contributed by atoms with E-state index in [1.807, 2.05) is 6.92 Å². The smallest absolute Gasteiger partial charge is 0.292 e. The fourth-order valence-corrected chi connectivity index (χ4v) is 1.02. The minimum Gasteiger partial charge on any atom is -0.508 e. The van der Waals surface area contributed by atoms with Gasteiger partial charge in [-0.2, -0.15) is 0 Å². The van der Waals surface area contributed by atoms with Crippen LogP contribution < -0.4 is 5.32 Å². The van der Waals surface area contributed by atoms with Crippen molar-refractivity contribution >= 4 is 11.4 Å². The highest BCUT2D eigenvalue weighted by atomic mass is 16.6. The van der Waals surface area contributed by atoms with Crippen LogP contribution in [0.5, 0.6) is 5.75 Å². The van der Waals surface area contributed by atoms with Gasteiger partial charge in [-0.25, -0.2) is 0 Å². The first-order valence-corrected chi connectivity index (χ1v) is 3.86. The molecule has 0 saturated carbocycles. The molecular weight excluding hydrogens is 172 g/mol. The summed E-state index contributed by atoms with van der Waals surface area (Å²) in [5, 5.41) is 22.4. The lowest BCUT2D eigenvalue weighted by Gasteiger charge is -2.03. The predicted octanol–water partition coefficient (Wildman–Crippen LogP) is 1.73. The lowest BCUT2D eigenvalue weighted by molar-refractivity contribution is -0.384. The molecule has 5 heteroatoms. The van der Waals surface area contributed by atoms with Crippen molar-refractivity contribution in [1.82, 2.24) is 0 Å². The molecule has 1 aromatic rings. The third-order valence-electron chi connectivity index (χ3n) is 1.54. The van der Waals surface area contributed by atoms with Gasteiger partial charge in [0, 0.05) is 18.7 Å². The van der Waals surface area contributed by atoms with Gasteiger partial charge < -0.3 is 10.4 Å². The van der Waals surface area contributed by atoms with Gasteiger partial charge in [0.1, 0.15) is 11.4 Å². The second-order valence-electron chi connectivity index (χ2n) is 2.49. The molecule has 70 valence electrons. The SMILES string of the molecule is CCNc1cc(O)ccc1[N+](=O)[O-]. The molecule has 0 atom stereocenters. The Labute approximate surface area is 75.2 Å². The molecule has 0 aliphatic carbocycles. The van der Waals surface area contributed by atoms with Crippen molar-refractivity contribution in [3.05, 3.63) is 28.3 Å². The first-order chi connectivity index (χ1) is 6.15. The van der Waals surface area contributed by atoms with E-state index in [1.165, 1.54) is 18.2 Å². The standard InChI is InChI=1S/C8H10N2O3/c1-2-9-7-5-6(11)3-4-8(7)10(12)13/h3-5,9,11H,2H2,1H3. The van der Waals surface area contributed by atoms with E-state index in [0.717, 1.165) is 0 Å². The quantitative estimate of drug-likeness (QED) is 0.551. The number of anilines is 1. The van der Waals surface area contributed by atoms with Gasteiger partial charge in [-0.15, -0.1) is 0 Å². The summed E-state index contributed by atoms with van der Waals surface area (Å²) in [5.74, 6) is 0.0153. The van der Waals surface area contributed by atoms with E-state index in [0.29, 0.717) is 12.2 Å². The van der Waals surface area contributed by atoms with Crippen molar-refractivity contribution in [1.29, 1.82) is 0 Å². The average Bonchev–Trinajstić information content (AvgIpc) is 2.04. The largest absolute Gasteiger partial charge is 0.508 e. The number of nitrogens with one attached hydrogen (secondary N) is 1. The predicted molar refractivity (Wildman–Crippen MR) is 48.9 cm³/mol. The second-order valence-corrected chi connectivity index (χ2v) is 2.49. The van der Waals surface area contributed by atoms with Crippen LogP contribution in [0.3, 0.4) is 0 Å². The van der Waals surface area contributed by atoms with Crippen molar-refractivity contribution in [2.45, 2.75) is 6.92 Å². The third-order valence-corrected chi connectivity index (χ3v) is 1.54. The monoisotopic (exact) mass is 182 g/mol. The van der Waals surface area contributed by atoms with Crippen molar-refractivity contribution in [3.63, 3.8) is 0 Å². The second kappa shape index (κ2) is 3.75. The van der Waals surface area contributed by atoms with E-state index in [9.17, 15) is 10.1 Å². The van der Waals surface area contributed by atoms with Gasteiger partial charge in [0.05, 0.1) is 4.92 Å². The first-order valence-electron chi connectivity index (χ1n) is 3.86. The molecule has 0 aliphatic heterocycles. The van der Waals surface area contributed by atoms with Crippen LogP contribution in [-0.2, 0) is 0 Å². The molecule has 0 spiro atoms. The van der Waals surface area contributed by atoms with Gasteiger partial charge in [0.25, 0.3) is 5.69 Å². The van der Waals surface area contributed by atoms with Gasteiger partial charge in [-0.3, -0.25) is 10.1 Å². The van der Waals surface area contributed by atoms with Crippen LogP contribution in [0, 0.1) is 10.1 Å². The van der Waals surface area contributed by atoms with E-state index in [-0.39, 0.29) is 11.4 Å². The Balaban J connectivity index is 3.10. The van der Waals surface area contributed by atoms with E-state index in [1.54, 1.807) is 0 Å². The number of phenolic OH excluding ortho intramolecular Hbond substituents is 1.